The second kappa shape index (κ2) is 11.2. The molecule has 9 nitrogen and oxygen atoms in total. The van der Waals surface area contributed by atoms with Gasteiger partial charge in [-0.05, 0) is 13.8 Å². The molecule has 162 valence electrons. The summed E-state index contributed by atoms with van der Waals surface area (Å²) >= 11 is 0. The van der Waals surface area contributed by atoms with Crippen molar-refractivity contribution in [3.8, 4) is 17.2 Å². The Bertz CT molecular complexity index is 677. The van der Waals surface area contributed by atoms with Crippen molar-refractivity contribution in [3.63, 3.8) is 0 Å². The molecule has 0 aliphatic carbocycles. The third-order valence-corrected chi connectivity index (χ3v) is 4.64. The quantitative estimate of drug-likeness (QED) is 0.545. The normalized spacial score (nSPS) is 14.4. The third-order valence-electron chi connectivity index (χ3n) is 4.64. The predicted molar refractivity (Wildman–Crippen MR) is 111 cm³/mol. The van der Waals surface area contributed by atoms with E-state index in [-0.39, 0.29) is 6.09 Å². The van der Waals surface area contributed by atoms with Crippen molar-refractivity contribution in [1.82, 2.24) is 15.1 Å². The summed E-state index contributed by atoms with van der Waals surface area (Å²) in [6.07, 6.45) is -0.262. The van der Waals surface area contributed by atoms with Gasteiger partial charge in [0.25, 0.3) is 0 Å². The highest BCUT2D eigenvalue weighted by atomic mass is 16.6. The molecule has 1 aromatic rings. The highest BCUT2D eigenvalue weighted by molar-refractivity contribution is 5.80. The summed E-state index contributed by atoms with van der Waals surface area (Å²) in [6, 6.07) is 3.64. The molecule has 1 fully saturated rings. The largest absolute Gasteiger partial charge is 0.496 e. The van der Waals surface area contributed by atoms with Crippen LogP contribution in [0.25, 0.3) is 0 Å². The van der Waals surface area contributed by atoms with Gasteiger partial charge in [0.1, 0.15) is 17.2 Å². The molecule has 1 aromatic carbocycles. The Labute approximate surface area is 172 Å². The van der Waals surface area contributed by atoms with Crippen LogP contribution in [0.5, 0.6) is 17.2 Å². The van der Waals surface area contributed by atoms with Crippen LogP contribution in [0.2, 0.25) is 0 Å². The van der Waals surface area contributed by atoms with Gasteiger partial charge in [-0.1, -0.05) is 0 Å². The first-order chi connectivity index (χ1) is 14.1. The fourth-order valence-electron chi connectivity index (χ4n) is 3.13. The first kappa shape index (κ1) is 22.4. The lowest BCUT2D eigenvalue weighted by Crippen LogP contribution is -2.53. The van der Waals surface area contributed by atoms with Gasteiger partial charge in [0.15, 0.2) is 5.96 Å². The number of amides is 1. The molecule has 0 unspecified atom stereocenters. The smallest absolute Gasteiger partial charge is 0.409 e. The molecule has 9 heteroatoms. The maximum Gasteiger partial charge on any atom is 0.409 e. The minimum Gasteiger partial charge on any atom is -0.496 e. The zero-order chi connectivity index (χ0) is 21.2. The van der Waals surface area contributed by atoms with Gasteiger partial charge in [-0.25, -0.2) is 9.79 Å². The van der Waals surface area contributed by atoms with E-state index in [1.807, 2.05) is 26.0 Å². The number of benzene rings is 1. The van der Waals surface area contributed by atoms with Gasteiger partial charge in [0, 0.05) is 44.9 Å². The van der Waals surface area contributed by atoms with Crippen molar-refractivity contribution in [2.75, 3.05) is 60.7 Å². The zero-order valence-corrected chi connectivity index (χ0v) is 18.0. The van der Waals surface area contributed by atoms with Gasteiger partial charge in [-0.2, -0.15) is 0 Å². The van der Waals surface area contributed by atoms with E-state index in [1.54, 1.807) is 26.2 Å². The SMILES string of the molecule is CCNC(=NCc1c(OC)cc(OC)cc1OC)N1CCN(C(=O)OCC)CC1. The number of hydrogen-bond donors (Lipinski definition) is 1. The summed E-state index contributed by atoms with van der Waals surface area (Å²) in [4.78, 5) is 20.5. The molecule has 1 saturated heterocycles. The molecule has 0 aromatic heterocycles. The summed E-state index contributed by atoms with van der Waals surface area (Å²) in [5.74, 6) is 2.77. The number of aliphatic imine (C=N–C) groups is 1. The first-order valence-electron chi connectivity index (χ1n) is 9.81. The van der Waals surface area contributed by atoms with Crippen molar-refractivity contribution in [3.05, 3.63) is 17.7 Å². The highest BCUT2D eigenvalue weighted by Gasteiger charge is 2.24. The molecule has 0 saturated carbocycles. The Morgan fingerprint density at radius 3 is 2.07 bits per heavy atom. The number of carbonyl (C=O) groups excluding carboxylic acids is 1. The second-order valence-electron chi connectivity index (χ2n) is 6.35. The van der Waals surface area contributed by atoms with Gasteiger partial charge in [-0.15, -0.1) is 0 Å². The average Bonchev–Trinajstić information content (AvgIpc) is 2.76. The number of ether oxygens (including phenoxy) is 4. The third kappa shape index (κ3) is 5.82. The molecule has 1 amide bonds. The first-order valence-corrected chi connectivity index (χ1v) is 9.81. The summed E-state index contributed by atoms with van der Waals surface area (Å²) in [5.41, 5.74) is 0.844. The molecule has 1 heterocycles. The number of guanidine groups is 1. The molecule has 29 heavy (non-hydrogen) atoms. The number of piperazine rings is 1. The van der Waals surface area contributed by atoms with E-state index in [1.165, 1.54) is 0 Å². The predicted octanol–water partition coefficient (Wildman–Crippen LogP) is 1.95. The fraction of sp³-hybridized carbons (Fsp3) is 0.600. The lowest BCUT2D eigenvalue weighted by molar-refractivity contribution is 0.0914. The topological polar surface area (TPSA) is 84.9 Å². The molecule has 0 bridgehead atoms. The van der Waals surface area contributed by atoms with E-state index in [0.717, 1.165) is 18.1 Å². The van der Waals surface area contributed by atoms with E-state index in [0.29, 0.717) is 56.6 Å². The monoisotopic (exact) mass is 408 g/mol. The summed E-state index contributed by atoms with van der Waals surface area (Å²) in [5, 5.41) is 3.32. The van der Waals surface area contributed by atoms with E-state index in [4.69, 9.17) is 23.9 Å². The van der Waals surface area contributed by atoms with Gasteiger partial charge >= 0.3 is 6.09 Å². The van der Waals surface area contributed by atoms with Crippen LogP contribution in [-0.4, -0.2) is 82.5 Å². The lowest BCUT2D eigenvalue weighted by Gasteiger charge is -2.36. The standard InChI is InChI=1S/C20H32N4O5/c1-6-21-19(23-8-10-24(11-9-23)20(25)29-7-2)22-14-16-17(27-4)12-15(26-3)13-18(16)28-5/h12-13H,6-11,14H2,1-5H3,(H,21,22). The van der Waals surface area contributed by atoms with E-state index >= 15 is 0 Å². The molecule has 0 atom stereocenters. The van der Waals surface area contributed by atoms with Crippen LogP contribution in [0.1, 0.15) is 19.4 Å². The van der Waals surface area contributed by atoms with Crippen LogP contribution in [-0.2, 0) is 11.3 Å². The Hall–Kier alpha value is -2.84. The van der Waals surface area contributed by atoms with Crippen molar-refractivity contribution < 1.29 is 23.7 Å². The van der Waals surface area contributed by atoms with Crippen LogP contribution in [0.15, 0.2) is 17.1 Å². The minimum atomic E-state index is -0.262. The zero-order valence-electron chi connectivity index (χ0n) is 18.0. The van der Waals surface area contributed by atoms with Gasteiger partial charge in [0.2, 0.25) is 0 Å². The number of rotatable bonds is 7. The van der Waals surface area contributed by atoms with Crippen LogP contribution in [0.4, 0.5) is 4.79 Å². The number of hydrogen-bond acceptors (Lipinski definition) is 6. The van der Waals surface area contributed by atoms with Crippen molar-refractivity contribution in [2.45, 2.75) is 20.4 Å². The van der Waals surface area contributed by atoms with Crippen molar-refractivity contribution in [1.29, 1.82) is 0 Å². The van der Waals surface area contributed by atoms with Crippen molar-refractivity contribution in [2.24, 2.45) is 4.99 Å². The summed E-state index contributed by atoms with van der Waals surface area (Å²) in [6.45, 7) is 7.91. The number of nitrogens with one attached hydrogen (secondary N) is 1. The van der Waals surface area contributed by atoms with Crippen molar-refractivity contribution >= 4 is 12.1 Å². The lowest BCUT2D eigenvalue weighted by atomic mass is 10.1. The summed E-state index contributed by atoms with van der Waals surface area (Å²) in [7, 11) is 4.83. The molecule has 0 radical (unpaired) electrons. The Morgan fingerprint density at radius 2 is 1.59 bits per heavy atom. The number of methoxy groups -OCH3 is 3. The number of carbonyl (C=O) groups is 1. The number of nitrogens with zero attached hydrogens (tertiary/aromatic N) is 3. The molecule has 1 aliphatic rings. The van der Waals surface area contributed by atoms with Gasteiger partial charge in [-0.3, -0.25) is 0 Å². The fourth-order valence-corrected chi connectivity index (χ4v) is 3.13. The molecule has 1 N–H and O–H groups in total. The maximum atomic E-state index is 11.9. The molecular weight excluding hydrogens is 376 g/mol. The summed E-state index contributed by atoms with van der Waals surface area (Å²) < 4.78 is 21.4. The second-order valence-corrected chi connectivity index (χ2v) is 6.35. The Balaban J connectivity index is 2.15. The van der Waals surface area contributed by atoms with E-state index in [2.05, 4.69) is 10.2 Å². The van der Waals surface area contributed by atoms with Crippen LogP contribution in [0.3, 0.4) is 0 Å². The van der Waals surface area contributed by atoms with E-state index in [9.17, 15) is 4.79 Å². The molecule has 0 spiro atoms. The minimum absolute atomic E-state index is 0.262. The van der Waals surface area contributed by atoms with Crippen LogP contribution in [0, 0.1) is 0 Å². The van der Waals surface area contributed by atoms with Gasteiger partial charge < -0.3 is 34.1 Å². The highest BCUT2D eigenvalue weighted by Crippen LogP contribution is 2.34. The Kier molecular flexibility index (Phi) is 8.69. The Morgan fingerprint density at radius 1 is 1.00 bits per heavy atom. The maximum absolute atomic E-state index is 11.9. The molecular formula is C20H32N4O5. The molecule has 1 aliphatic heterocycles. The van der Waals surface area contributed by atoms with Crippen LogP contribution < -0.4 is 19.5 Å². The van der Waals surface area contributed by atoms with Crippen LogP contribution >= 0.6 is 0 Å². The van der Waals surface area contributed by atoms with Gasteiger partial charge in [0.05, 0.1) is 40.0 Å². The molecule has 2 rings (SSSR count). The average molecular weight is 408 g/mol. The van der Waals surface area contributed by atoms with E-state index < -0.39 is 0 Å².